The summed E-state index contributed by atoms with van der Waals surface area (Å²) in [7, 11) is -2.42. The summed E-state index contributed by atoms with van der Waals surface area (Å²) < 4.78 is 42.1. The summed E-state index contributed by atoms with van der Waals surface area (Å²) in [6.45, 7) is 4.20. The van der Waals surface area contributed by atoms with Crippen LogP contribution in [0.15, 0.2) is 23.1 Å². The predicted molar refractivity (Wildman–Crippen MR) is 96.1 cm³/mol. The van der Waals surface area contributed by atoms with Crippen molar-refractivity contribution in [2.24, 2.45) is 0 Å². The first kappa shape index (κ1) is 21.1. The van der Waals surface area contributed by atoms with Crippen molar-refractivity contribution in [3.63, 3.8) is 0 Å². The second kappa shape index (κ2) is 9.16. The zero-order valence-electron chi connectivity index (χ0n) is 15.6. The van der Waals surface area contributed by atoms with Crippen LogP contribution in [0.25, 0.3) is 0 Å². The van der Waals surface area contributed by atoms with Gasteiger partial charge in [-0.15, -0.1) is 0 Å². The van der Waals surface area contributed by atoms with Crippen molar-refractivity contribution in [3.05, 3.63) is 23.8 Å². The maximum absolute atomic E-state index is 12.8. The van der Waals surface area contributed by atoms with Crippen molar-refractivity contribution in [2.45, 2.75) is 24.8 Å². The van der Waals surface area contributed by atoms with Crippen molar-refractivity contribution in [1.29, 1.82) is 0 Å². The Morgan fingerprint density at radius 1 is 1.26 bits per heavy atom. The van der Waals surface area contributed by atoms with Crippen LogP contribution < -0.4 is 10.1 Å². The topological polar surface area (TPSA) is 111 Å². The average Bonchev–Trinajstić information content (AvgIpc) is 2.65. The molecule has 2 rings (SSSR count). The van der Waals surface area contributed by atoms with Crippen LogP contribution >= 0.6 is 0 Å². The van der Waals surface area contributed by atoms with Gasteiger partial charge in [-0.3, -0.25) is 4.79 Å². The quantitative estimate of drug-likeness (QED) is 0.659. The van der Waals surface area contributed by atoms with Crippen molar-refractivity contribution in [3.8, 4) is 5.75 Å². The van der Waals surface area contributed by atoms with Crippen molar-refractivity contribution >= 4 is 21.9 Å². The molecule has 0 atom stereocenters. The summed E-state index contributed by atoms with van der Waals surface area (Å²) in [4.78, 5) is 23.9. The van der Waals surface area contributed by atoms with Gasteiger partial charge in [0, 0.05) is 19.1 Å². The van der Waals surface area contributed by atoms with Crippen LogP contribution in [-0.2, 0) is 24.3 Å². The normalized spacial score (nSPS) is 15.4. The highest BCUT2D eigenvalue weighted by Gasteiger charge is 2.28. The SMILES string of the molecule is COc1ccc(S(=O)(=O)N2CCOCC2)cc1C(=O)OCC(=O)NC(C)C. The minimum atomic E-state index is -3.78. The van der Waals surface area contributed by atoms with Crippen molar-refractivity contribution in [1.82, 2.24) is 9.62 Å². The average molecular weight is 400 g/mol. The van der Waals surface area contributed by atoms with Gasteiger partial charge in [0.05, 0.1) is 25.2 Å². The van der Waals surface area contributed by atoms with Crippen LogP contribution in [0.5, 0.6) is 5.75 Å². The van der Waals surface area contributed by atoms with Crippen molar-refractivity contribution < 1.29 is 32.2 Å². The van der Waals surface area contributed by atoms with Gasteiger partial charge >= 0.3 is 5.97 Å². The number of carbonyl (C=O) groups is 2. The number of nitrogens with one attached hydrogen (secondary N) is 1. The fourth-order valence-electron chi connectivity index (χ4n) is 2.52. The molecule has 0 spiro atoms. The van der Waals surface area contributed by atoms with Crippen LogP contribution in [0.4, 0.5) is 0 Å². The van der Waals surface area contributed by atoms with Crippen LogP contribution in [0.3, 0.4) is 0 Å². The fraction of sp³-hybridized carbons (Fsp3) is 0.529. The zero-order chi connectivity index (χ0) is 20.0. The summed E-state index contributed by atoms with van der Waals surface area (Å²) in [5, 5.41) is 2.60. The highest BCUT2D eigenvalue weighted by Crippen LogP contribution is 2.25. The number of benzene rings is 1. The third-order valence-corrected chi connectivity index (χ3v) is 5.68. The standard InChI is InChI=1S/C17H24N2O7S/c1-12(2)18-16(20)11-26-17(21)14-10-13(4-5-15(14)24-3)27(22,23)19-6-8-25-9-7-19/h4-5,10,12H,6-9,11H2,1-3H3,(H,18,20). The van der Waals surface area contributed by atoms with E-state index in [2.05, 4.69) is 5.32 Å². The molecule has 1 aromatic rings. The van der Waals surface area contributed by atoms with Gasteiger partial charge in [0.25, 0.3) is 5.91 Å². The Morgan fingerprint density at radius 2 is 1.93 bits per heavy atom. The molecule has 1 heterocycles. The second-order valence-electron chi connectivity index (χ2n) is 6.18. The number of ether oxygens (including phenoxy) is 3. The third-order valence-electron chi connectivity index (χ3n) is 3.78. The molecule has 1 aromatic carbocycles. The zero-order valence-corrected chi connectivity index (χ0v) is 16.4. The molecule has 1 N–H and O–H groups in total. The number of sulfonamides is 1. The molecular weight excluding hydrogens is 376 g/mol. The number of morpholine rings is 1. The van der Waals surface area contributed by atoms with Gasteiger partial charge in [-0.05, 0) is 32.0 Å². The largest absolute Gasteiger partial charge is 0.496 e. The Bertz CT molecular complexity index is 786. The molecule has 1 amide bonds. The van der Waals surface area contributed by atoms with E-state index < -0.39 is 28.5 Å². The highest BCUT2D eigenvalue weighted by molar-refractivity contribution is 7.89. The van der Waals surface area contributed by atoms with Gasteiger partial charge in [-0.25, -0.2) is 13.2 Å². The van der Waals surface area contributed by atoms with E-state index >= 15 is 0 Å². The van der Waals surface area contributed by atoms with E-state index in [4.69, 9.17) is 14.2 Å². The molecule has 1 saturated heterocycles. The van der Waals surface area contributed by atoms with E-state index in [1.807, 2.05) is 0 Å². The van der Waals surface area contributed by atoms with E-state index in [9.17, 15) is 18.0 Å². The summed E-state index contributed by atoms with van der Waals surface area (Å²) in [6.07, 6.45) is 0. The van der Waals surface area contributed by atoms with Gasteiger partial charge in [-0.1, -0.05) is 0 Å². The van der Waals surface area contributed by atoms with E-state index in [0.29, 0.717) is 13.2 Å². The minimum absolute atomic E-state index is 0.0521. The second-order valence-corrected chi connectivity index (χ2v) is 8.11. The van der Waals surface area contributed by atoms with Crippen LogP contribution in [0.1, 0.15) is 24.2 Å². The first-order valence-corrected chi connectivity index (χ1v) is 9.92. The first-order valence-electron chi connectivity index (χ1n) is 8.48. The summed E-state index contributed by atoms with van der Waals surface area (Å²) in [6, 6.07) is 3.86. The van der Waals surface area contributed by atoms with Gasteiger partial charge in [0.1, 0.15) is 11.3 Å². The first-order chi connectivity index (χ1) is 12.8. The number of amides is 1. The maximum atomic E-state index is 12.8. The number of esters is 1. The lowest BCUT2D eigenvalue weighted by molar-refractivity contribution is -0.124. The summed E-state index contributed by atoms with van der Waals surface area (Å²) >= 11 is 0. The molecule has 1 aliphatic rings. The lowest BCUT2D eigenvalue weighted by Gasteiger charge is -2.26. The Labute approximate surface area is 158 Å². The minimum Gasteiger partial charge on any atom is -0.496 e. The molecule has 27 heavy (non-hydrogen) atoms. The summed E-state index contributed by atoms with van der Waals surface area (Å²) in [5.41, 5.74) is -0.0656. The Kier molecular flexibility index (Phi) is 7.17. The number of rotatable bonds is 7. The van der Waals surface area contributed by atoms with Gasteiger partial charge in [-0.2, -0.15) is 4.31 Å². The lowest BCUT2D eigenvalue weighted by atomic mass is 10.2. The molecule has 0 aromatic heterocycles. The monoisotopic (exact) mass is 400 g/mol. The number of hydrogen-bond acceptors (Lipinski definition) is 7. The summed E-state index contributed by atoms with van der Waals surface area (Å²) in [5.74, 6) is -1.13. The van der Waals surface area contributed by atoms with Crippen LogP contribution in [0.2, 0.25) is 0 Å². The van der Waals surface area contributed by atoms with Gasteiger partial charge < -0.3 is 19.5 Å². The molecule has 1 fully saturated rings. The van der Waals surface area contributed by atoms with Crippen LogP contribution in [0, 0.1) is 0 Å². The molecule has 10 heteroatoms. The Morgan fingerprint density at radius 3 is 2.52 bits per heavy atom. The number of hydrogen-bond donors (Lipinski definition) is 1. The Balaban J connectivity index is 2.21. The van der Waals surface area contributed by atoms with Crippen molar-refractivity contribution in [2.75, 3.05) is 40.0 Å². The third kappa shape index (κ3) is 5.41. The maximum Gasteiger partial charge on any atom is 0.342 e. The number of methoxy groups -OCH3 is 1. The predicted octanol–water partition coefficient (Wildman–Crippen LogP) is 0.398. The highest BCUT2D eigenvalue weighted by atomic mass is 32.2. The molecule has 9 nitrogen and oxygen atoms in total. The number of carbonyl (C=O) groups excluding carboxylic acids is 2. The fourth-order valence-corrected chi connectivity index (χ4v) is 3.95. The lowest BCUT2D eigenvalue weighted by Crippen LogP contribution is -2.40. The van der Waals surface area contributed by atoms with Gasteiger partial charge in [0.2, 0.25) is 10.0 Å². The molecule has 150 valence electrons. The molecule has 1 aliphatic heterocycles. The van der Waals surface area contributed by atoms with E-state index in [-0.39, 0.29) is 35.3 Å². The van der Waals surface area contributed by atoms with Crippen LogP contribution in [-0.4, -0.2) is 70.7 Å². The van der Waals surface area contributed by atoms with E-state index in [1.54, 1.807) is 13.8 Å². The Hall–Kier alpha value is -2.17. The smallest absolute Gasteiger partial charge is 0.342 e. The molecule has 0 saturated carbocycles. The van der Waals surface area contributed by atoms with E-state index in [1.165, 1.54) is 29.6 Å². The molecule has 0 radical (unpaired) electrons. The molecule has 0 bridgehead atoms. The van der Waals surface area contributed by atoms with E-state index in [0.717, 1.165) is 0 Å². The molecular formula is C17H24N2O7S. The molecule has 0 aliphatic carbocycles. The van der Waals surface area contributed by atoms with Gasteiger partial charge in [0.15, 0.2) is 6.61 Å². The number of nitrogens with zero attached hydrogens (tertiary/aromatic N) is 1. The molecule has 0 unspecified atom stereocenters.